The highest BCUT2D eigenvalue weighted by Crippen LogP contribution is 2.36. The predicted octanol–water partition coefficient (Wildman–Crippen LogP) is 5.96. The zero-order valence-electron chi connectivity index (χ0n) is 21.1. The van der Waals surface area contributed by atoms with Crippen molar-refractivity contribution in [1.29, 1.82) is 0 Å². The minimum absolute atomic E-state index is 0.124. The molecule has 1 aliphatic rings. The Morgan fingerprint density at radius 1 is 1.11 bits per heavy atom. The van der Waals surface area contributed by atoms with E-state index in [1.165, 1.54) is 13.2 Å². The Morgan fingerprint density at radius 2 is 1.81 bits per heavy atom. The van der Waals surface area contributed by atoms with E-state index < -0.39 is 33.5 Å². The van der Waals surface area contributed by atoms with Gasteiger partial charge in [-0.15, -0.1) is 0 Å². The van der Waals surface area contributed by atoms with Crippen molar-refractivity contribution in [3.8, 4) is 5.75 Å². The minimum atomic E-state index is -4.24. The average molecular weight is 573 g/mol. The predicted molar refractivity (Wildman–Crippen MR) is 142 cm³/mol. The Bertz CT molecular complexity index is 1250. The molecule has 1 N–H and O–H groups in total. The zero-order chi connectivity index (χ0) is 27.3. The Kier molecular flexibility index (Phi) is 9.72. The van der Waals surface area contributed by atoms with Crippen molar-refractivity contribution in [2.45, 2.75) is 51.0 Å². The molecule has 2 aromatic carbocycles. The van der Waals surface area contributed by atoms with Gasteiger partial charge in [0.2, 0.25) is 0 Å². The molecule has 0 heterocycles. The molecule has 202 valence electrons. The Hall–Kier alpha value is -2.49. The first-order valence-electron chi connectivity index (χ1n) is 11.9. The molecule has 3 atom stereocenters. The Balaban J connectivity index is 1.73. The number of methoxy groups -OCH3 is 1. The van der Waals surface area contributed by atoms with E-state index >= 15 is 0 Å². The van der Waals surface area contributed by atoms with Gasteiger partial charge in [-0.25, -0.2) is 18.0 Å². The number of hydrogen-bond acceptors (Lipinski definition) is 7. The normalized spacial score (nSPS) is 19.8. The molecule has 0 aliphatic heterocycles. The van der Waals surface area contributed by atoms with E-state index in [4.69, 9.17) is 37.4 Å². The molecular weight excluding hydrogens is 541 g/mol. The third kappa shape index (κ3) is 7.30. The van der Waals surface area contributed by atoms with Gasteiger partial charge >= 0.3 is 11.9 Å². The molecule has 1 saturated carbocycles. The van der Waals surface area contributed by atoms with Crippen LogP contribution in [0.25, 0.3) is 0 Å². The summed E-state index contributed by atoms with van der Waals surface area (Å²) >= 11 is 12.3. The maximum absolute atomic E-state index is 13.1. The first kappa shape index (κ1) is 29.1. The second kappa shape index (κ2) is 12.4. The van der Waals surface area contributed by atoms with Crippen molar-refractivity contribution in [3.63, 3.8) is 0 Å². The summed E-state index contributed by atoms with van der Waals surface area (Å²) in [4.78, 5) is 24.8. The van der Waals surface area contributed by atoms with Gasteiger partial charge in [0, 0.05) is 0 Å². The first-order valence-corrected chi connectivity index (χ1v) is 14.2. The third-order valence-corrected chi connectivity index (χ3v) is 8.59. The number of benzene rings is 2. The monoisotopic (exact) mass is 571 g/mol. The number of nitrogens with one attached hydrogen (secondary N) is 1. The van der Waals surface area contributed by atoms with Gasteiger partial charge < -0.3 is 14.2 Å². The molecule has 3 rings (SSSR count). The molecule has 0 bridgehead atoms. The number of halogens is 2. The van der Waals surface area contributed by atoms with E-state index in [2.05, 4.69) is 25.5 Å². The molecular formula is C26H31Cl2NO7S. The topological polar surface area (TPSA) is 108 Å². The van der Waals surface area contributed by atoms with Crippen molar-refractivity contribution in [2.75, 3.05) is 18.4 Å². The van der Waals surface area contributed by atoms with Crippen LogP contribution in [0.5, 0.6) is 5.75 Å². The van der Waals surface area contributed by atoms with Crippen molar-refractivity contribution in [1.82, 2.24) is 0 Å². The number of rotatable bonds is 9. The number of hydrogen-bond donors (Lipinski definition) is 1. The van der Waals surface area contributed by atoms with Crippen LogP contribution >= 0.6 is 23.2 Å². The van der Waals surface area contributed by atoms with Crippen LogP contribution in [0, 0.1) is 17.8 Å². The Labute approximate surface area is 227 Å². The maximum Gasteiger partial charge on any atom is 0.344 e. The van der Waals surface area contributed by atoms with Crippen LogP contribution in [0.2, 0.25) is 10.0 Å². The number of sulfonamides is 1. The summed E-state index contributed by atoms with van der Waals surface area (Å²) in [6, 6.07) is 8.55. The number of esters is 2. The van der Waals surface area contributed by atoms with Crippen molar-refractivity contribution in [3.05, 3.63) is 52.0 Å². The lowest BCUT2D eigenvalue weighted by Crippen LogP contribution is -2.36. The average Bonchev–Trinajstić information content (AvgIpc) is 2.82. The van der Waals surface area contributed by atoms with Gasteiger partial charge in [0.1, 0.15) is 16.7 Å². The lowest BCUT2D eigenvalue weighted by Gasteiger charge is -2.36. The number of carbonyl (C=O) groups excluding carboxylic acids is 2. The standard InChI is InChI=1S/C26H31Cl2NO7S/c1-15(2)17-10-9-16(3)11-23(17)36-25(30)14-35-26(31)18-12-24(20(28)13-19(18)27)37(32,33)29-21-7-5-6-8-22(21)34-4/h5-8,12-13,15-17,23,29H,9-11,14H2,1-4H3. The quantitative estimate of drug-likeness (QED) is 0.369. The largest absolute Gasteiger partial charge is 0.495 e. The summed E-state index contributed by atoms with van der Waals surface area (Å²) in [6.07, 6.45) is 2.56. The van der Waals surface area contributed by atoms with Gasteiger partial charge in [0.25, 0.3) is 10.0 Å². The fraction of sp³-hybridized carbons (Fsp3) is 0.462. The first-order chi connectivity index (χ1) is 17.4. The summed E-state index contributed by atoms with van der Waals surface area (Å²) in [5, 5.41) is -0.324. The molecule has 0 saturated heterocycles. The van der Waals surface area contributed by atoms with Crippen LogP contribution < -0.4 is 9.46 Å². The summed E-state index contributed by atoms with van der Waals surface area (Å²) in [7, 11) is -2.84. The summed E-state index contributed by atoms with van der Waals surface area (Å²) in [5.74, 6) is -0.330. The van der Waals surface area contributed by atoms with Crippen LogP contribution in [0.4, 0.5) is 5.69 Å². The molecule has 11 heteroatoms. The zero-order valence-corrected chi connectivity index (χ0v) is 23.5. The second-order valence-electron chi connectivity index (χ2n) is 9.50. The van der Waals surface area contributed by atoms with Crippen LogP contribution in [0.1, 0.15) is 50.4 Å². The Morgan fingerprint density at radius 3 is 2.49 bits per heavy atom. The van der Waals surface area contributed by atoms with Gasteiger partial charge in [0.15, 0.2) is 6.61 Å². The molecule has 1 aliphatic carbocycles. The number of ether oxygens (including phenoxy) is 3. The lowest BCUT2D eigenvalue weighted by molar-refractivity contribution is -0.159. The van der Waals surface area contributed by atoms with Crippen LogP contribution in [-0.2, 0) is 24.3 Å². The number of anilines is 1. The van der Waals surface area contributed by atoms with Gasteiger partial charge in [-0.1, -0.05) is 62.5 Å². The van der Waals surface area contributed by atoms with E-state index in [9.17, 15) is 18.0 Å². The highest BCUT2D eigenvalue weighted by Gasteiger charge is 2.33. The molecule has 3 unspecified atom stereocenters. The van der Waals surface area contributed by atoms with E-state index in [1.807, 2.05) is 0 Å². The molecule has 2 aromatic rings. The van der Waals surface area contributed by atoms with Gasteiger partial charge in [0.05, 0.1) is 28.4 Å². The van der Waals surface area contributed by atoms with E-state index in [0.29, 0.717) is 17.6 Å². The highest BCUT2D eigenvalue weighted by atomic mass is 35.5. The highest BCUT2D eigenvalue weighted by molar-refractivity contribution is 7.92. The lowest BCUT2D eigenvalue weighted by atomic mass is 9.75. The van der Waals surface area contributed by atoms with Crippen LogP contribution in [0.3, 0.4) is 0 Å². The molecule has 0 radical (unpaired) electrons. The summed E-state index contributed by atoms with van der Waals surface area (Å²) < 4.78 is 44.4. The van der Waals surface area contributed by atoms with Gasteiger partial charge in [-0.2, -0.15) is 0 Å². The van der Waals surface area contributed by atoms with Crippen LogP contribution in [-0.4, -0.2) is 40.2 Å². The van der Waals surface area contributed by atoms with Crippen molar-refractivity contribution in [2.24, 2.45) is 17.8 Å². The smallest absolute Gasteiger partial charge is 0.344 e. The molecule has 0 amide bonds. The minimum Gasteiger partial charge on any atom is -0.495 e. The second-order valence-corrected chi connectivity index (χ2v) is 12.0. The van der Waals surface area contributed by atoms with E-state index in [1.54, 1.807) is 18.2 Å². The molecule has 1 fully saturated rings. The van der Waals surface area contributed by atoms with Crippen LogP contribution in [0.15, 0.2) is 41.3 Å². The molecule has 8 nitrogen and oxygen atoms in total. The van der Waals surface area contributed by atoms with Crippen molar-refractivity contribution >= 4 is 50.9 Å². The van der Waals surface area contributed by atoms with Gasteiger partial charge in [-0.3, -0.25) is 4.72 Å². The molecule has 0 spiro atoms. The SMILES string of the molecule is COc1ccccc1NS(=O)(=O)c1cc(C(=O)OCC(=O)OC2CC(C)CCC2C(C)C)c(Cl)cc1Cl. The fourth-order valence-corrected chi connectivity index (χ4v) is 6.40. The molecule has 0 aromatic heterocycles. The number of para-hydroxylation sites is 2. The third-order valence-electron chi connectivity index (χ3n) is 6.45. The van der Waals surface area contributed by atoms with Crippen molar-refractivity contribution < 1.29 is 32.2 Å². The number of carbonyl (C=O) groups is 2. The van der Waals surface area contributed by atoms with E-state index in [0.717, 1.165) is 31.4 Å². The van der Waals surface area contributed by atoms with Gasteiger partial charge in [-0.05, 0) is 54.9 Å². The fourth-order valence-electron chi connectivity index (χ4n) is 4.48. The summed E-state index contributed by atoms with van der Waals surface area (Å²) in [6.45, 7) is 5.68. The summed E-state index contributed by atoms with van der Waals surface area (Å²) in [5.41, 5.74) is -0.0785. The van der Waals surface area contributed by atoms with E-state index in [-0.39, 0.29) is 33.3 Å². The molecule has 37 heavy (non-hydrogen) atoms. The maximum atomic E-state index is 13.1.